The van der Waals surface area contributed by atoms with Crippen molar-refractivity contribution in [2.24, 2.45) is 0 Å². The zero-order valence-corrected chi connectivity index (χ0v) is 12.9. The molecule has 0 radical (unpaired) electrons. The molecule has 1 N–H and O–H groups in total. The molecule has 0 aromatic heterocycles. The van der Waals surface area contributed by atoms with Gasteiger partial charge in [0.25, 0.3) is 0 Å². The first-order valence-electron chi connectivity index (χ1n) is 6.97. The molecule has 2 nitrogen and oxygen atoms in total. The molecule has 2 unspecified atom stereocenters. The topological polar surface area (TPSA) is 21.3 Å². The first-order chi connectivity index (χ1) is 9.16. The molecule has 0 bridgehead atoms. The standard InChI is InChI=1S/C15H21BrFNO/c1-11(14-6-5-12(16)10-15(14)17)18-8-7-13-4-2-3-9-19-13/h5-6,10-11,13,18H,2-4,7-9H2,1H3. The van der Waals surface area contributed by atoms with E-state index in [9.17, 15) is 4.39 Å². The van der Waals surface area contributed by atoms with Crippen LogP contribution in [0.5, 0.6) is 0 Å². The Kier molecular flexibility index (Phi) is 5.79. The Labute approximate surface area is 122 Å². The summed E-state index contributed by atoms with van der Waals surface area (Å²) in [5.74, 6) is -0.164. The largest absolute Gasteiger partial charge is 0.378 e. The van der Waals surface area contributed by atoms with E-state index in [1.807, 2.05) is 19.1 Å². The zero-order chi connectivity index (χ0) is 13.7. The van der Waals surface area contributed by atoms with E-state index < -0.39 is 0 Å². The number of rotatable bonds is 5. The first-order valence-corrected chi connectivity index (χ1v) is 7.76. The summed E-state index contributed by atoms with van der Waals surface area (Å²) >= 11 is 3.27. The minimum absolute atomic E-state index is 0.0247. The van der Waals surface area contributed by atoms with Crippen LogP contribution in [0, 0.1) is 5.82 Å². The number of ether oxygens (including phenoxy) is 1. The molecule has 4 heteroatoms. The number of hydrogen-bond acceptors (Lipinski definition) is 2. The monoisotopic (exact) mass is 329 g/mol. The molecule has 1 fully saturated rings. The molecule has 106 valence electrons. The van der Waals surface area contributed by atoms with Crippen molar-refractivity contribution in [3.8, 4) is 0 Å². The third kappa shape index (κ3) is 4.55. The predicted octanol–water partition coefficient (Wildman–Crippen LogP) is 4.20. The van der Waals surface area contributed by atoms with Crippen molar-refractivity contribution in [3.63, 3.8) is 0 Å². The molecule has 0 spiro atoms. The SMILES string of the molecule is CC(NCCC1CCCCO1)c1ccc(Br)cc1F. The van der Waals surface area contributed by atoms with Gasteiger partial charge in [-0.3, -0.25) is 0 Å². The van der Waals surface area contributed by atoms with Crippen LogP contribution in [0.15, 0.2) is 22.7 Å². The Morgan fingerprint density at radius 2 is 2.32 bits per heavy atom. The molecule has 2 rings (SSSR count). The fourth-order valence-electron chi connectivity index (χ4n) is 2.46. The second-order valence-electron chi connectivity index (χ2n) is 5.12. The number of nitrogens with one attached hydrogen (secondary N) is 1. The van der Waals surface area contributed by atoms with Crippen molar-refractivity contribution >= 4 is 15.9 Å². The highest BCUT2D eigenvalue weighted by Crippen LogP contribution is 2.21. The average molecular weight is 330 g/mol. The Bertz CT molecular complexity index is 407. The van der Waals surface area contributed by atoms with Crippen LogP contribution < -0.4 is 5.32 Å². The Hall–Kier alpha value is -0.450. The highest BCUT2D eigenvalue weighted by atomic mass is 79.9. The van der Waals surface area contributed by atoms with Gasteiger partial charge in [-0.1, -0.05) is 22.0 Å². The molecule has 1 heterocycles. The van der Waals surface area contributed by atoms with Crippen LogP contribution in [0.4, 0.5) is 4.39 Å². The fraction of sp³-hybridized carbons (Fsp3) is 0.600. The van der Waals surface area contributed by atoms with E-state index in [1.54, 1.807) is 0 Å². The van der Waals surface area contributed by atoms with Crippen LogP contribution in [-0.2, 0) is 4.74 Å². The quantitative estimate of drug-likeness (QED) is 0.874. The van der Waals surface area contributed by atoms with Gasteiger partial charge in [0.1, 0.15) is 5.82 Å². The lowest BCUT2D eigenvalue weighted by molar-refractivity contribution is 0.0112. The summed E-state index contributed by atoms with van der Waals surface area (Å²) in [5, 5.41) is 3.37. The third-order valence-corrected chi connectivity index (χ3v) is 4.11. The molecular formula is C15H21BrFNO. The van der Waals surface area contributed by atoms with E-state index >= 15 is 0 Å². The third-order valence-electron chi connectivity index (χ3n) is 3.62. The molecule has 0 amide bonds. The predicted molar refractivity (Wildman–Crippen MR) is 78.7 cm³/mol. The molecule has 19 heavy (non-hydrogen) atoms. The molecule has 1 aromatic rings. The lowest BCUT2D eigenvalue weighted by Crippen LogP contribution is -2.27. The summed E-state index contributed by atoms with van der Waals surface area (Å²) in [4.78, 5) is 0. The van der Waals surface area contributed by atoms with Crippen LogP contribution in [0.2, 0.25) is 0 Å². The summed E-state index contributed by atoms with van der Waals surface area (Å²) in [6, 6.07) is 5.24. The minimum Gasteiger partial charge on any atom is -0.378 e. The van der Waals surface area contributed by atoms with Gasteiger partial charge in [-0.2, -0.15) is 0 Å². The normalized spacial score (nSPS) is 21.3. The maximum Gasteiger partial charge on any atom is 0.129 e. The van der Waals surface area contributed by atoms with Crippen molar-refractivity contribution in [1.29, 1.82) is 0 Å². The minimum atomic E-state index is -0.164. The van der Waals surface area contributed by atoms with Crippen LogP contribution in [0.25, 0.3) is 0 Å². The van der Waals surface area contributed by atoms with Crippen LogP contribution >= 0.6 is 15.9 Å². The summed E-state index contributed by atoms with van der Waals surface area (Å²) in [5.41, 5.74) is 0.716. The second kappa shape index (κ2) is 7.36. The molecule has 1 aliphatic rings. The maximum atomic E-state index is 13.8. The highest BCUT2D eigenvalue weighted by Gasteiger charge is 2.15. The van der Waals surface area contributed by atoms with Crippen molar-refractivity contribution in [2.45, 2.75) is 44.8 Å². The van der Waals surface area contributed by atoms with E-state index in [1.165, 1.54) is 18.9 Å². The van der Waals surface area contributed by atoms with Crippen molar-refractivity contribution in [2.75, 3.05) is 13.2 Å². The van der Waals surface area contributed by atoms with Crippen LogP contribution in [0.3, 0.4) is 0 Å². The van der Waals surface area contributed by atoms with E-state index in [4.69, 9.17) is 4.74 Å². The Morgan fingerprint density at radius 1 is 1.47 bits per heavy atom. The van der Waals surface area contributed by atoms with Crippen molar-refractivity contribution in [3.05, 3.63) is 34.1 Å². The second-order valence-corrected chi connectivity index (χ2v) is 6.03. The van der Waals surface area contributed by atoms with Gasteiger partial charge in [0.05, 0.1) is 6.10 Å². The first kappa shape index (κ1) is 14.9. The van der Waals surface area contributed by atoms with E-state index in [0.29, 0.717) is 11.7 Å². The molecular weight excluding hydrogens is 309 g/mol. The molecule has 0 saturated carbocycles. The van der Waals surface area contributed by atoms with E-state index in [0.717, 1.165) is 30.5 Å². The summed E-state index contributed by atoms with van der Waals surface area (Å²) in [6.45, 7) is 3.75. The van der Waals surface area contributed by atoms with Gasteiger partial charge in [-0.15, -0.1) is 0 Å². The Morgan fingerprint density at radius 3 is 3.00 bits per heavy atom. The van der Waals surface area contributed by atoms with Crippen LogP contribution in [-0.4, -0.2) is 19.3 Å². The summed E-state index contributed by atoms with van der Waals surface area (Å²) in [7, 11) is 0. The van der Waals surface area contributed by atoms with Gasteiger partial charge >= 0.3 is 0 Å². The van der Waals surface area contributed by atoms with Crippen molar-refractivity contribution < 1.29 is 9.13 Å². The summed E-state index contributed by atoms with van der Waals surface area (Å²) in [6.07, 6.45) is 4.99. The number of halogens is 2. The molecule has 2 atom stereocenters. The van der Waals surface area contributed by atoms with Gasteiger partial charge in [-0.05, 0) is 51.3 Å². The zero-order valence-electron chi connectivity index (χ0n) is 11.3. The van der Waals surface area contributed by atoms with Crippen LogP contribution in [0.1, 0.15) is 44.2 Å². The summed E-state index contributed by atoms with van der Waals surface area (Å²) < 4.78 is 20.2. The Balaban J connectivity index is 1.78. The van der Waals surface area contributed by atoms with Gasteiger partial charge in [0.15, 0.2) is 0 Å². The highest BCUT2D eigenvalue weighted by molar-refractivity contribution is 9.10. The molecule has 1 aromatic carbocycles. The molecule has 1 saturated heterocycles. The fourth-order valence-corrected chi connectivity index (χ4v) is 2.79. The molecule has 0 aliphatic carbocycles. The van der Waals surface area contributed by atoms with E-state index in [-0.39, 0.29) is 11.9 Å². The molecule has 1 aliphatic heterocycles. The van der Waals surface area contributed by atoms with Gasteiger partial charge in [-0.25, -0.2) is 4.39 Å². The van der Waals surface area contributed by atoms with Gasteiger partial charge in [0.2, 0.25) is 0 Å². The smallest absolute Gasteiger partial charge is 0.129 e. The van der Waals surface area contributed by atoms with E-state index in [2.05, 4.69) is 21.2 Å². The average Bonchev–Trinajstić information content (AvgIpc) is 2.39. The number of benzene rings is 1. The van der Waals surface area contributed by atoms with Gasteiger partial charge < -0.3 is 10.1 Å². The maximum absolute atomic E-state index is 13.8. The lowest BCUT2D eigenvalue weighted by Gasteiger charge is -2.23. The van der Waals surface area contributed by atoms with Gasteiger partial charge in [0, 0.05) is 22.7 Å². The number of hydrogen-bond donors (Lipinski definition) is 1. The van der Waals surface area contributed by atoms with Crippen molar-refractivity contribution in [1.82, 2.24) is 5.32 Å². The lowest BCUT2D eigenvalue weighted by atomic mass is 10.1.